The molecule has 0 aliphatic carbocycles. The van der Waals surface area contributed by atoms with Crippen molar-refractivity contribution in [2.24, 2.45) is 0 Å². The Bertz CT molecular complexity index is 808. The van der Waals surface area contributed by atoms with Crippen LogP contribution >= 0.6 is 12.6 Å². The second-order valence-electron chi connectivity index (χ2n) is 8.77. The van der Waals surface area contributed by atoms with Crippen LogP contribution in [-0.2, 0) is 43.0 Å². The third-order valence-electron chi connectivity index (χ3n) is 5.62. The number of carbonyl (C=O) groups excluding carboxylic acids is 1. The average Bonchev–Trinajstić information content (AvgIpc) is 2.86. The molecule has 39 heavy (non-hydrogen) atoms. The summed E-state index contributed by atoms with van der Waals surface area (Å²) in [5, 5.41) is 82.5. The second kappa shape index (κ2) is 14.6. The predicted molar refractivity (Wildman–Crippen MR) is 123 cm³/mol. The molecule has 0 aromatic rings. The Hall–Kier alpha value is -1.27. The highest BCUT2D eigenvalue weighted by atomic mass is 32.1. The van der Waals surface area contributed by atoms with Gasteiger partial charge in [0.1, 0.15) is 31.0 Å². The van der Waals surface area contributed by atoms with Crippen LogP contribution in [0.25, 0.3) is 0 Å². The molecule has 6 unspecified atom stereocenters. The van der Waals surface area contributed by atoms with Crippen LogP contribution in [0.15, 0.2) is 0 Å². The Balaban J connectivity index is 2.08. The number of thiol groups is 1. The second-order valence-corrected chi connectivity index (χ2v) is 9.21. The molecule has 2 heterocycles. The highest BCUT2D eigenvalue weighted by Gasteiger charge is 2.60. The number of nitrogens with one attached hydrogen (secondary N) is 1. The van der Waals surface area contributed by atoms with Gasteiger partial charge in [0.25, 0.3) is 0 Å². The minimum absolute atomic E-state index is 0.0223. The van der Waals surface area contributed by atoms with Crippen LogP contribution in [0.1, 0.15) is 20.3 Å². The van der Waals surface area contributed by atoms with E-state index < -0.39 is 98.7 Å². The minimum Gasteiger partial charge on any atom is -0.477 e. The molecule has 228 valence electrons. The van der Waals surface area contributed by atoms with Gasteiger partial charge in [-0.15, -0.1) is 0 Å². The monoisotopic (exact) mass is 593 g/mol. The van der Waals surface area contributed by atoms with Gasteiger partial charge in [0.15, 0.2) is 12.5 Å². The van der Waals surface area contributed by atoms with E-state index in [4.69, 9.17) is 33.5 Å². The maximum atomic E-state index is 11.9. The van der Waals surface area contributed by atoms with E-state index in [0.29, 0.717) is 0 Å². The zero-order chi connectivity index (χ0) is 29.5. The molecule has 0 spiro atoms. The van der Waals surface area contributed by atoms with Crippen LogP contribution in [0.3, 0.4) is 0 Å². The van der Waals surface area contributed by atoms with Crippen LogP contribution in [-0.4, -0.2) is 145 Å². The van der Waals surface area contributed by atoms with Crippen molar-refractivity contribution in [1.82, 2.24) is 5.32 Å². The highest BCUT2D eigenvalue weighted by Crippen LogP contribution is 2.36. The molecule has 10 atom stereocenters. The van der Waals surface area contributed by atoms with E-state index in [2.05, 4.69) is 17.9 Å². The highest BCUT2D eigenvalue weighted by molar-refractivity contribution is 7.80. The number of hydrogen-bond acceptors (Lipinski definition) is 17. The fourth-order valence-corrected chi connectivity index (χ4v) is 3.70. The number of aliphatic hydroxyl groups excluding tert-OH is 5. The minimum atomic E-state index is -2.94. The van der Waals surface area contributed by atoms with E-state index in [1.807, 2.05) is 0 Å². The van der Waals surface area contributed by atoms with Crippen molar-refractivity contribution in [1.29, 1.82) is 0 Å². The summed E-state index contributed by atoms with van der Waals surface area (Å²) in [7, 11) is 0. The summed E-state index contributed by atoms with van der Waals surface area (Å²) in [6.45, 7) is 0.712. The fraction of sp³-hybridized carbons (Fsp3) is 0.900. The number of amides is 1. The van der Waals surface area contributed by atoms with E-state index in [9.17, 15) is 50.4 Å². The van der Waals surface area contributed by atoms with Gasteiger partial charge in [-0.05, 0) is 6.92 Å². The Labute approximate surface area is 227 Å². The number of carboxylic acids is 1. The quantitative estimate of drug-likeness (QED) is 0.0513. The first-order valence-electron chi connectivity index (χ1n) is 11.6. The number of aliphatic hydroxyl groups is 7. The van der Waals surface area contributed by atoms with Crippen LogP contribution in [0.4, 0.5) is 0 Å². The first-order valence-corrected chi connectivity index (χ1v) is 12.3. The molecule has 2 aliphatic heterocycles. The molecule has 0 aromatic heterocycles. The van der Waals surface area contributed by atoms with Crippen molar-refractivity contribution < 1.29 is 83.9 Å². The fourth-order valence-electron chi connectivity index (χ4n) is 3.59. The lowest BCUT2D eigenvalue weighted by molar-refractivity contribution is -0.510. The molecule has 9 N–H and O–H groups in total. The standard InChI is InChI=1S/C20H35NO17S/c1-8(11(6-22)35-17(15(27)28)32-3-4-39)34-16-12(25)13(26)19(31,7-33-16)37-20(18(29)30)5-10(24)14(36-38-20)21-9(2)23/h8,10-17,22,24-28,31,39H,3-7H2,1-2H3,(H,21,23)(H,29,30)/t8-,10+,11?,12?,13?,14?,16?,17?,19+,20+/m0/s1. The Kier molecular flexibility index (Phi) is 12.7. The van der Waals surface area contributed by atoms with E-state index >= 15 is 0 Å². The van der Waals surface area contributed by atoms with Gasteiger partial charge in [-0.1, -0.05) is 0 Å². The van der Waals surface area contributed by atoms with E-state index in [1.54, 1.807) is 0 Å². The molecule has 0 bridgehead atoms. The van der Waals surface area contributed by atoms with Gasteiger partial charge in [0.2, 0.25) is 24.3 Å². The summed E-state index contributed by atoms with van der Waals surface area (Å²) >= 11 is 3.92. The number of aliphatic carboxylic acids is 1. The van der Waals surface area contributed by atoms with E-state index in [-0.39, 0.29) is 12.4 Å². The molecule has 18 nitrogen and oxygen atoms in total. The molecular formula is C20H35NO17S. The number of carboxylic acid groups (broad SMARTS) is 1. The van der Waals surface area contributed by atoms with E-state index in [1.165, 1.54) is 6.92 Å². The Morgan fingerprint density at radius 2 is 1.90 bits per heavy atom. The van der Waals surface area contributed by atoms with Crippen LogP contribution in [0, 0.1) is 0 Å². The van der Waals surface area contributed by atoms with Crippen molar-refractivity contribution in [3.05, 3.63) is 0 Å². The molecule has 2 rings (SSSR count). The summed E-state index contributed by atoms with van der Waals surface area (Å²) < 4.78 is 26.2. The van der Waals surface area contributed by atoms with Crippen LogP contribution in [0.5, 0.6) is 0 Å². The maximum absolute atomic E-state index is 11.9. The summed E-state index contributed by atoms with van der Waals surface area (Å²) in [6, 6.07) is 0. The van der Waals surface area contributed by atoms with Gasteiger partial charge < -0.3 is 69.9 Å². The van der Waals surface area contributed by atoms with Crippen molar-refractivity contribution >= 4 is 24.5 Å². The van der Waals surface area contributed by atoms with Gasteiger partial charge in [-0.25, -0.2) is 9.68 Å². The van der Waals surface area contributed by atoms with Crippen molar-refractivity contribution in [2.75, 3.05) is 25.6 Å². The van der Waals surface area contributed by atoms with Gasteiger partial charge in [0.05, 0.1) is 19.3 Å². The zero-order valence-corrected chi connectivity index (χ0v) is 21.8. The molecule has 0 radical (unpaired) electrons. The number of carbonyl (C=O) groups is 2. The van der Waals surface area contributed by atoms with Crippen molar-refractivity contribution in [3.63, 3.8) is 0 Å². The first-order chi connectivity index (χ1) is 18.2. The first kappa shape index (κ1) is 33.9. The van der Waals surface area contributed by atoms with Gasteiger partial charge >= 0.3 is 11.8 Å². The molecule has 1 amide bonds. The molecule has 0 saturated carbocycles. The van der Waals surface area contributed by atoms with Crippen molar-refractivity contribution in [3.8, 4) is 0 Å². The van der Waals surface area contributed by atoms with Gasteiger partial charge in [-0.2, -0.15) is 17.5 Å². The molecule has 2 aliphatic rings. The SMILES string of the molecule is CC(=O)NC1OO[C@@](O[C@]2(O)COC(O[C@@H](C)C(CO)OC(OCCS)C(O)O)C(O)C2O)(C(=O)O)C[C@H]1O. The molecule has 0 aromatic carbocycles. The smallest absolute Gasteiger partial charge is 0.367 e. The average molecular weight is 594 g/mol. The Morgan fingerprint density at radius 1 is 1.23 bits per heavy atom. The number of hydrogen-bond donors (Lipinski definition) is 10. The maximum Gasteiger partial charge on any atom is 0.367 e. The van der Waals surface area contributed by atoms with Crippen molar-refractivity contribution in [2.45, 2.75) is 87.5 Å². The van der Waals surface area contributed by atoms with Crippen LogP contribution in [0.2, 0.25) is 0 Å². The molecule has 2 fully saturated rings. The molecule has 2 saturated heterocycles. The topological polar surface area (TPSA) is 273 Å². The molecular weight excluding hydrogens is 558 g/mol. The normalized spacial score (nSPS) is 35.8. The summed E-state index contributed by atoms with van der Waals surface area (Å²) in [4.78, 5) is 32.6. The summed E-state index contributed by atoms with van der Waals surface area (Å²) in [5.74, 6) is -8.15. The lowest BCUT2D eigenvalue weighted by atomic mass is 9.99. The van der Waals surface area contributed by atoms with Crippen LogP contribution < -0.4 is 5.32 Å². The lowest BCUT2D eigenvalue weighted by Crippen LogP contribution is -2.69. The van der Waals surface area contributed by atoms with Gasteiger partial charge in [0, 0.05) is 19.1 Å². The number of rotatable bonds is 14. The number of ether oxygens (including phenoxy) is 5. The lowest BCUT2D eigenvalue weighted by Gasteiger charge is -2.47. The summed E-state index contributed by atoms with van der Waals surface area (Å²) in [6.07, 6.45) is -16.2. The summed E-state index contributed by atoms with van der Waals surface area (Å²) in [5.41, 5.74) is 0. The van der Waals surface area contributed by atoms with Gasteiger partial charge in [-0.3, -0.25) is 4.79 Å². The third kappa shape index (κ3) is 8.61. The van der Waals surface area contributed by atoms with E-state index in [0.717, 1.165) is 6.92 Å². The Morgan fingerprint density at radius 3 is 2.41 bits per heavy atom. The zero-order valence-electron chi connectivity index (χ0n) is 20.9. The third-order valence-corrected chi connectivity index (χ3v) is 5.81. The largest absolute Gasteiger partial charge is 0.477 e. The molecule has 19 heteroatoms. The predicted octanol–water partition coefficient (Wildman–Crippen LogP) is -4.91.